The highest BCUT2D eigenvalue weighted by Gasteiger charge is 2.24. The van der Waals surface area contributed by atoms with E-state index in [1.807, 2.05) is 56.3 Å². The molecule has 0 heterocycles. The molecule has 174 valence electrons. The van der Waals surface area contributed by atoms with Crippen molar-refractivity contribution in [2.45, 2.75) is 33.2 Å². The Bertz CT molecular complexity index is 1290. The van der Waals surface area contributed by atoms with Crippen molar-refractivity contribution in [3.63, 3.8) is 0 Å². The van der Waals surface area contributed by atoms with E-state index in [1.54, 1.807) is 25.1 Å². The first kappa shape index (κ1) is 24.3. The van der Waals surface area contributed by atoms with Gasteiger partial charge in [-0.3, -0.25) is 14.3 Å². The van der Waals surface area contributed by atoms with Gasteiger partial charge in [0.25, 0.3) is 0 Å². The number of amides is 2. The Morgan fingerprint density at radius 3 is 2.30 bits per heavy atom. The molecule has 3 rings (SSSR count). The van der Waals surface area contributed by atoms with Gasteiger partial charge < -0.3 is 10.6 Å². The molecule has 0 aliphatic rings. The van der Waals surface area contributed by atoms with E-state index in [2.05, 4.69) is 15.4 Å². The van der Waals surface area contributed by atoms with E-state index < -0.39 is 16.1 Å². The zero-order chi connectivity index (χ0) is 24.2. The van der Waals surface area contributed by atoms with Crippen LogP contribution in [0.15, 0.2) is 60.7 Å². The van der Waals surface area contributed by atoms with Crippen molar-refractivity contribution < 1.29 is 18.0 Å². The molecular formula is C25H29N3O4S. The van der Waals surface area contributed by atoms with Crippen molar-refractivity contribution in [1.82, 2.24) is 5.32 Å². The normalized spacial score (nSPS) is 12.4. The van der Waals surface area contributed by atoms with Crippen LogP contribution in [0.5, 0.6) is 0 Å². The van der Waals surface area contributed by atoms with Crippen LogP contribution in [0.3, 0.4) is 0 Å². The van der Waals surface area contributed by atoms with Gasteiger partial charge in [0, 0.05) is 5.69 Å². The van der Waals surface area contributed by atoms with E-state index in [0.717, 1.165) is 28.2 Å². The zero-order valence-electron chi connectivity index (χ0n) is 19.2. The number of aryl methyl sites for hydroxylation is 1. The Morgan fingerprint density at radius 2 is 1.64 bits per heavy atom. The van der Waals surface area contributed by atoms with Crippen molar-refractivity contribution in [2.75, 3.05) is 16.3 Å². The summed E-state index contributed by atoms with van der Waals surface area (Å²) in [5.74, 6) is -0.766. The van der Waals surface area contributed by atoms with Crippen LogP contribution >= 0.6 is 0 Å². The number of sulfonamides is 1. The van der Waals surface area contributed by atoms with Crippen molar-refractivity contribution in [2.24, 2.45) is 5.92 Å². The van der Waals surface area contributed by atoms with Gasteiger partial charge >= 0.3 is 0 Å². The molecule has 1 atom stereocenters. The molecule has 33 heavy (non-hydrogen) atoms. The Balaban J connectivity index is 1.69. The van der Waals surface area contributed by atoms with E-state index in [9.17, 15) is 18.0 Å². The summed E-state index contributed by atoms with van der Waals surface area (Å²) in [5, 5.41) is 7.77. The average molecular weight is 468 g/mol. The number of nitrogens with one attached hydrogen (secondary N) is 3. The number of hydrogen-bond donors (Lipinski definition) is 3. The van der Waals surface area contributed by atoms with Crippen LogP contribution in [0.1, 0.15) is 25.0 Å². The summed E-state index contributed by atoms with van der Waals surface area (Å²) in [6.07, 6.45) is 1.23. The van der Waals surface area contributed by atoms with E-state index in [0.29, 0.717) is 11.4 Å². The maximum absolute atomic E-state index is 12.9. The first-order valence-electron chi connectivity index (χ1n) is 10.7. The van der Waals surface area contributed by atoms with Gasteiger partial charge in [-0.25, -0.2) is 8.42 Å². The number of anilines is 2. The minimum atomic E-state index is -3.45. The minimum absolute atomic E-state index is 0.149. The summed E-state index contributed by atoms with van der Waals surface area (Å²) in [7, 11) is -3.45. The molecule has 0 aromatic heterocycles. The monoisotopic (exact) mass is 467 g/mol. The van der Waals surface area contributed by atoms with Gasteiger partial charge in [-0.15, -0.1) is 0 Å². The Hall–Kier alpha value is -3.39. The molecule has 0 aliphatic carbocycles. The standard InChI is InChI=1S/C25H29N3O4S/c1-16(2)24(25(30)26-21-12-9-17(3)22(15-21)28-33(4,31)32)27-23(29)14-18-10-11-19-7-5-6-8-20(19)13-18/h5-13,15-16,24,28H,14H2,1-4H3,(H,26,30)(H,27,29). The Morgan fingerprint density at radius 1 is 0.939 bits per heavy atom. The highest BCUT2D eigenvalue weighted by atomic mass is 32.2. The lowest BCUT2D eigenvalue weighted by Gasteiger charge is -2.22. The van der Waals surface area contributed by atoms with Gasteiger partial charge in [-0.1, -0.05) is 62.4 Å². The fourth-order valence-corrected chi connectivity index (χ4v) is 4.14. The third-order valence-electron chi connectivity index (χ3n) is 5.24. The largest absolute Gasteiger partial charge is 0.344 e. The third kappa shape index (κ3) is 6.79. The van der Waals surface area contributed by atoms with Crippen LogP contribution < -0.4 is 15.4 Å². The summed E-state index contributed by atoms with van der Waals surface area (Å²) in [5.41, 5.74) is 2.41. The molecule has 8 heteroatoms. The lowest BCUT2D eigenvalue weighted by Crippen LogP contribution is -2.47. The number of benzene rings is 3. The second-order valence-corrected chi connectivity index (χ2v) is 10.3. The fourth-order valence-electron chi connectivity index (χ4n) is 3.52. The van der Waals surface area contributed by atoms with Gasteiger partial charge in [0.05, 0.1) is 18.4 Å². The maximum atomic E-state index is 12.9. The van der Waals surface area contributed by atoms with Gasteiger partial charge in [-0.2, -0.15) is 0 Å². The Kier molecular flexibility index (Phi) is 7.38. The number of carbonyl (C=O) groups excluding carboxylic acids is 2. The zero-order valence-corrected chi connectivity index (χ0v) is 20.0. The van der Waals surface area contributed by atoms with Crippen molar-refractivity contribution >= 4 is 44.0 Å². The highest BCUT2D eigenvalue weighted by molar-refractivity contribution is 7.92. The van der Waals surface area contributed by atoms with E-state index in [-0.39, 0.29) is 24.2 Å². The average Bonchev–Trinajstić information content (AvgIpc) is 2.73. The summed E-state index contributed by atoms with van der Waals surface area (Å²) in [6, 6.07) is 18.0. The highest BCUT2D eigenvalue weighted by Crippen LogP contribution is 2.22. The third-order valence-corrected chi connectivity index (χ3v) is 5.84. The summed E-state index contributed by atoms with van der Waals surface area (Å²) < 4.78 is 25.6. The topological polar surface area (TPSA) is 104 Å². The number of hydrogen-bond acceptors (Lipinski definition) is 4. The smallest absolute Gasteiger partial charge is 0.247 e. The van der Waals surface area contributed by atoms with Crippen LogP contribution in [0.25, 0.3) is 10.8 Å². The van der Waals surface area contributed by atoms with Crippen LogP contribution in [0.4, 0.5) is 11.4 Å². The predicted molar refractivity (Wildman–Crippen MR) is 133 cm³/mol. The van der Waals surface area contributed by atoms with Crippen molar-refractivity contribution in [3.8, 4) is 0 Å². The molecule has 0 bridgehead atoms. The maximum Gasteiger partial charge on any atom is 0.247 e. The quantitative estimate of drug-likeness (QED) is 0.468. The van der Waals surface area contributed by atoms with Crippen LogP contribution in [0, 0.1) is 12.8 Å². The molecule has 0 radical (unpaired) electrons. The summed E-state index contributed by atoms with van der Waals surface area (Å²) >= 11 is 0. The lowest BCUT2D eigenvalue weighted by atomic mass is 10.0. The van der Waals surface area contributed by atoms with Gasteiger partial charge in [-0.05, 0) is 46.9 Å². The molecule has 3 aromatic rings. The van der Waals surface area contributed by atoms with E-state index >= 15 is 0 Å². The molecule has 0 saturated heterocycles. The minimum Gasteiger partial charge on any atom is -0.344 e. The van der Waals surface area contributed by atoms with Crippen LogP contribution in [0.2, 0.25) is 0 Å². The van der Waals surface area contributed by atoms with Crippen molar-refractivity contribution in [1.29, 1.82) is 0 Å². The van der Waals surface area contributed by atoms with Gasteiger partial charge in [0.15, 0.2) is 0 Å². The fraction of sp³-hybridized carbons (Fsp3) is 0.280. The molecule has 0 aliphatic heterocycles. The lowest BCUT2D eigenvalue weighted by molar-refractivity contribution is -0.127. The van der Waals surface area contributed by atoms with Gasteiger partial charge in [0.2, 0.25) is 21.8 Å². The number of carbonyl (C=O) groups is 2. The molecule has 0 saturated carbocycles. The van der Waals surface area contributed by atoms with Crippen LogP contribution in [-0.2, 0) is 26.0 Å². The van der Waals surface area contributed by atoms with E-state index in [1.165, 1.54) is 0 Å². The molecule has 0 fully saturated rings. The first-order chi connectivity index (χ1) is 15.5. The number of fused-ring (bicyclic) bond motifs is 1. The molecule has 7 nitrogen and oxygen atoms in total. The number of rotatable bonds is 8. The molecule has 1 unspecified atom stereocenters. The molecule has 3 N–H and O–H groups in total. The summed E-state index contributed by atoms with van der Waals surface area (Å²) in [6.45, 7) is 5.47. The second kappa shape index (κ2) is 10.0. The van der Waals surface area contributed by atoms with E-state index in [4.69, 9.17) is 0 Å². The van der Waals surface area contributed by atoms with Crippen LogP contribution in [-0.4, -0.2) is 32.5 Å². The molecule has 0 spiro atoms. The SMILES string of the molecule is Cc1ccc(NC(=O)C(NC(=O)Cc2ccc3ccccc3c2)C(C)C)cc1NS(C)(=O)=O. The molecule has 3 aromatic carbocycles. The second-order valence-electron chi connectivity index (χ2n) is 8.54. The first-order valence-corrected chi connectivity index (χ1v) is 12.6. The summed E-state index contributed by atoms with van der Waals surface area (Å²) in [4.78, 5) is 25.6. The molecular weight excluding hydrogens is 438 g/mol. The Labute approximate surface area is 194 Å². The van der Waals surface area contributed by atoms with Crippen molar-refractivity contribution in [3.05, 3.63) is 71.8 Å². The predicted octanol–water partition coefficient (Wildman–Crippen LogP) is 3.84. The molecule has 2 amide bonds. The van der Waals surface area contributed by atoms with Gasteiger partial charge in [0.1, 0.15) is 6.04 Å².